The summed E-state index contributed by atoms with van der Waals surface area (Å²) in [5, 5.41) is 7.14. The zero-order valence-electron chi connectivity index (χ0n) is 12.9. The van der Waals surface area contributed by atoms with Crippen molar-refractivity contribution in [2.75, 3.05) is 17.7 Å². The molecule has 112 valence electrons. The Bertz CT molecular complexity index is 640. The SMILES string of the molecule is CCCc1nc(NC)c(C)c(Nc2cc(C)ccc2Cl)n1. The van der Waals surface area contributed by atoms with Crippen LogP contribution in [0.5, 0.6) is 0 Å². The maximum atomic E-state index is 6.25. The van der Waals surface area contributed by atoms with Gasteiger partial charge in [-0.3, -0.25) is 0 Å². The number of nitrogens with zero attached hydrogens (tertiary/aromatic N) is 2. The third-order valence-electron chi connectivity index (χ3n) is 3.28. The van der Waals surface area contributed by atoms with E-state index in [2.05, 4.69) is 27.5 Å². The first kappa shape index (κ1) is 15.6. The zero-order valence-corrected chi connectivity index (χ0v) is 13.7. The van der Waals surface area contributed by atoms with Crippen molar-refractivity contribution in [2.24, 2.45) is 0 Å². The molecule has 0 radical (unpaired) electrons. The number of aromatic nitrogens is 2. The molecule has 0 amide bonds. The van der Waals surface area contributed by atoms with Gasteiger partial charge >= 0.3 is 0 Å². The van der Waals surface area contributed by atoms with E-state index in [-0.39, 0.29) is 0 Å². The first-order chi connectivity index (χ1) is 10.0. The predicted molar refractivity (Wildman–Crippen MR) is 89.8 cm³/mol. The molecule has 0 saturated carbocycles. The molecule has 2 aromatic rings. The van der Waals surface area contributed by atoms with Crippen LogP contribution in [0.1, 0.15) is 30.3 Å². The van der Waals surface area contributed by atoms with Gasteiger partial charge in [-0.2, -0.15) is 0 Å². The highest BCUT2D eigenvalue weighted by Gasteiger charge is 2.11. The topological polar surface area (TPSA) is 49.8 Å². The molecule has 0 atom stereocenters. The van der Waals surface area contributed by atoms with Crippen LogP contribution in [0.4, 0.5) is 17.3 Å². The Morgan fingerprint density at radius 2 is 1.86 bits per heavy atom. The Morgan fingerprint density at radius 1 is 1.14 bits per heavy atom. The zero-order chi connectivity index (χ0) is 15.4. The minimum atomic E-state index is 0.682. The van der Waals surface area contributed by atoms with Crippen molar-refractivity contribution in [1.29, 1.82) is 0 Å². The van der Waals surface area contributed by atoms with Crippen LogP contribution in [0.3, 0.4) is 0 Å². The van der Waals surface area contributed by atoms with E-state index in [4.69, 9.17) is 11.6 Å². The summed E-state index contributed by atoms with van der Waals surface area (Å²) in [6.45, 7) is 6.15. The molecule has 2 N–H and O–H groups in total. The van der Waals surface area contributed by atoms with E-state index in [9.17, 15) is 0 Å². The molecule has 0 aliphatic rings. The molecule has 0 aliphatic heterocycles. The molecule has 4 nitrogen and oxygen atoms in total. The van der Waals surface area contributed by atoms with E-state index in [1.165, 1.54) is 0 Å². The van der Waals surface area contributed by atoms with Crippen LogP contribution in [0.25, 0.3) is 0 Å². The standard InChI is InChI=1S/C16H21ClN4/c1-5-6-14-20-15(18-4)11(3)16(21-14)19-13-9-10(2)7-8-12(13)17/h7-9H,5-6H2,1-4H3,(H2,18,19,20,21). The van der Waals surface area contributed by atoms with Gasteiger partial charge in [-0.15, -0.1) is 0 Å². The molecule has 0 bridgehead atoms. The first-order valence-electron chi connectivity index (χ1n) is 7.13. The van der Waals surface area contributed by atoms with Crippen LogP contribution in [0, 0.1) is 13.8 Å². The van der Waals surface area contributed by atoms with E-state index < -0.39 is 0 Å². The number of halogens is 1. The predicted octanol–water partition coefficient (Wildman–Crippen LogP) is 4.48. The van der Waals surface area contributed by atoms with Crippen molar-refractivity contribution in [2.45, 2.75) is 33.6 Å². The number of anilines is 3. The van der Waals surface area contributed by atoms with Gasteiger partial charge in [0.2, 0.25) is 0 Å². The minimum Gasteiger partial charge on any atom is -0.373 e. The van der Waals surface area contributed by atoms with Crippen molar-refractivity contribution in [3.8, 4) is 0 Å². The number of benzene rings is 1. The van der Waals surface area contributed by atoms with E-state index >= 15 is 0 Å². The highest BCUT2D eigenvalue weighted by Crippen LogP contribution is 2.29. The van der Waals surface area contributed by atoms with Crippen LogP contribution in [-0.2, 0) is 6.42 Å². The Hall–Kier alpha value is -1.81. The van der Waals surface area contributed by atoms with E-state index in [0.29, 0.717) is 5.02 Å². The lowest BCUT2D eigenvalue weighted by Gasteiger charge is -2.15. The van der Waals surface area contributed by atoms with Crippen molar-refractivity contribution in [3.05, 3.63) is 40.2 Å². The summed E-state index contributed by atoms with van der Waals surface area (Å²) in [6, 6.07) is 5.89. The fraction of sp³-hybridized carbons (Fsp3) is 0.375. The van der Waals surface area contributed by atoms with Crippen molar-refractivity contribution in [3.63, 3.8) is 0 Å². The molecule has 21 heavy (non-hydrogen) atoms. The molecule has 0 unspecified atom stereocenters. The van der Waals surface area contributed by atoms with Gasteiger partial charge in [-0.05, 0) is 38.0 Å². The van der Waals surface area contributed by atoms with Crippen LogP contribution in [0.15, 0.2) is 18.2 Å². The van der Waals surface area contributed by atoms with Gasteiger partial charge in [0.05, 0.1) is 10.7 Å². The summed E-state index contributed by atoms with van der Waals surface area (Å²) in [7, 11) is 1.87. The molecule has 0 spiro atoms. The number of nitrogens with one attached hydrogen (secondary N) is 2. The number of hydrogen-bond acceptors (Lipinski definition) is 4. The van der Waals surface area contributed by atoms with Crippen LogP contribution in [0.2, 0.25) is 5.02 Å². The molecule has 2 rings (SSSR count). The van der Waals surface area contributed by atoms with Gasteiger partial charge < -0.3 is 10.6 Å². The quantitative estimate of drug-likeness (QED) is 0.855. The lowest BCUT2D eigenvalue weighted by atomic mass is 10.2. The second-order valence-electron chi connectivity index (χ2n) is 5.07. The lowest BCUT2D eigenvalue weighted by molar-refractivity contribution is 0.835. The molecule has 0 saturated heterocycles. The van der Waals surface area contributed by atoms with E-state index in [1.807, 2.05) is 39.1 Å². The van der Waals surface area contributed by atoms with E-state index in [0.717, 1.165) is 47.1 Å². The number of hydrogen-bond donors (Lipinski definition) is 2. The summed E-state index contributed by atoms with van der Waals surface area (Å²) in [5.41, 5.74) is 2.99. The number of rotatable bonds is 5. The summed E-state index contributed by atoms with van der Waals surface area (Å²) in [4.78, 5) is 9.14. The van der Waals surface area contributed by atoms with Crippen molar-refractivity contribution >= 4 is 28.9 Å². The molecule has 1 aromatic carbocycles. The third-order valence-corrected chi connectivity index (χ3v) is 3.61. The Balaban J connectivity index is 2.42. The average molecular weight is 305 g/mol. The van der Waals surface area contributed by atoms with Crippen molar-refractivity contribution < 1.29 is 0 Å². The van der Waals surface area contributed by atoms with Gasteiger partial charge in [0, 0.05) is 19.0 Å². The normalized spacial score (nSPS) is 10.5. The fourth-order valence-electron chi connectivity index (χ4n) is 2.13. The first-order valence-corrected chi connectivity index (χ1v) is 7.51. The molecule has 0 fully saturated rings. The lowest BCUT2D eigenvalue weighted by Crippen LogP contribution is -2.07. The highest BCUT2D eigenvalue weighted by atomic mass is 35.5. The maximum Gasteiger partial charge on any atom is 0.139 e. The second-order valence-corrected chi connectivity index (χ2v) is 5.48. The molecule has 1 heterocycles. The Kier molecular flexibility index (Phi) is 5.02. The molecule has 5 heteroatoms. The molecular weight excluding hydrogens is 284 g/mol. The fourth-order valence-corrected chi connectivity index (χ4v) is 2.29. The largest absolute Gasteiger partial charge is 0.373 e. The highest BCUT2D eigenvalue weighted by molar-refractivity contribution is 6.33. The minimum absolute atomic E-state index is 0.682. The van der Waals surface area contributed by atoms with Crippen LogP contribution >= 0.6 is 11.6 Å². The molecule has 0 aliphatic carbocycles. The van der Waals surface area contributed by atoms with Gasteiger partial charge in [-0.25, -0.2) is 9.97 Å². The molecular formula is C16H21ClN4. The van der Waals surface area contributed by atoms with Gasteiger partial charge in [-0.1, -0.05) is 24.6 Å². The maximum absolute atomic E-state index is 6.25. The monoisotopic (exact) mass is 304 g/mol. The molecule has 1 aromatic heterocycles. The Labute approximate surface area is 131 Å². The Morgan fingerprint density at radius 3 is 2.52 bits per heavy atom. The van der Waals surface area contributed by atoms with Crippen molar-refractivity contribution in [1.82, 2.24) is 9.97 Å². The van der Waals surface area contributed by atoms with E-state index in [1.54, 1.807) is 0 Å². The second kappa shape index (κ2) is 6.76. The van der Waals surface area contributed by atoms with Crippen LogP contribution in [-0.4, -0.2) is 17.0 Å². The summed E-state index contributed by atoms with van der Waals surface area (Å²) >= 11 is 6.25. The number of aryl methyl sites for hydroxylation is 2. The van der Waals surface area contributed by atoms with Gasteiger partial charge in [0.15, 0.2) is 0 Å². The summed E-state index contributed by atoms with van der Waals surface area (Å²) in [5.74, 6) is 2.48. The van der Waals surface area contributed by atoms with Gasteiger partial charge in [0.25, 0.3) is 0 Å². The van der Waals surface area contributed by atoms with Gasteiger partial charge in [0.1, 0.15) is 17.5 Å². The smallest absolute Gasteiger partial charge is 0.139 e. The summed E-state index contributed by atoms with van der Waals surface area (Å²) in [6.07, 6.45) is 1.86. The summed E-state index contributed by atoms with van der Waals surface area (Å²) < 4.78 is 0. The van der Waals surface area contributed by atoms with Crippen LogP contribution < -0.4 is 10.6 Å². The average Bonchev–Trinajstić information content (AvgIpc) is 2.46. The third kappa shape index (κ3) is 3.64.